The van der Waals surface area contributed by atoms with Crippen LogP contribution in [-0.2, 0) is 53.9 Å². The molecule has 0 fully saturated rings. The van der Waals surface area contributed by atoms with E-state index in [0.717, 1.165) is 31.2 Å². The Balaban J connectivity index is 1.27. The van der Waals surface area contributed by atoms with Gasteiger partial charge in [-0.2, -0.15) is 5.10 Å². The molecule has 1 N–H and O–H groups in total. The Morgan fingerprint density at radius 3 is 2.60 bits per heavy atom. The van der Waals surface area contributed by atoms with Crippen molar-refractivity contribution in [1.29, 1.82) is 0 Å². The van der Waals surface area contributed by atoms with Crippen molar-refractivity contribution in [2.24, 2.45) is 7.05 Å². The van der Waals surface area contributed by atoms with Crippen LogP contribution in [0.3, 0.4) is 0 Å². The summed E-state index contributed by atoms with van der Waals surface area (Å²) in [5.74, 6) is -0.0618. The van der Waals surface area contributed by atoms with Crippen LogP contribution >= 0.6 is 0 Å². The molecule has 13 nitrogen and oxygen atoms in total. The highest BCUT2D eigenvalue weighted by molar-refractivity contribution is 6.07. The lowest BCUT2D eigenvalue weighted by atomic mass is 9.98. The summed E-state index contributed by atoms with van der Waals surface area (Å²) < 4.78 is 16.3. The molecular formula is C37H45N7O6. The van der Waals surface area contributed by atoms with Gasteiger partial charge in [0.05, 0.1) is 12.2 Å². The smallest absolute Gasteiger partial charge is 0.410 e. The van der Waals surface area contributed by atoms with Crippen molar-refractivity contribution < 1.29 is 23.9 Å². The van der Waals surface area contributed by atoms with Gasteiger partial charge >= 0.3 is 12.1 Å². The van der Waals surface area contributed by atoms with Gasteiger partial charge in [0, 0.05) is 75.9 Å². The number of carbonyl (C=O) groups excluding carboxylic acids is 3. The van der Waals surface area contributed by atoms with Crippen LogP contribution in [0.2, 0.25) is 0 Å². The summed E-state index contributed by atoms with van der Waals surface area (Å²) in [5, 5.41) is 7.70. The first-order valence-electron chi connectivity index (χ1n) is 17.0. The van der Waals surface area contributed by atoms with Crippen molar-refractivity contribution in [3.8, 4) is 11.1 Å². The fourth-order valence-electron chi connectivity index (χ4n) is 6.61. The van der Waals surface area contributed by atoms with Crippen molar-refractivity contribution in [3.05, 3.63) is 81.7 Å². The van der Waals surface area contributed by atoms with Crippen molar-refractivity contribution in [2.45, 2.75) is 78.7 Å². The number of esters is 1. The second-order valence-corrected chi connectivity index (χ2v) is 14.0. The number of ether oxygens (including phenoxy) is 2. The SMILES string of the molecule is CC(=O)OCc1c(-c2cc(Nc3ccn(CCN(C)C(=O)OC(C)(C)C)n3)c(=O)n(C)c2)cccc1N1CCn2c(cc3c2CCCC3)C1=O. The van der Waals surface area contributed by atoms with Gasteiger partial charge in [-0.25, -0.2) is 4.79 Å². The third-order valence-electron chi connectivity index (χ3n) is 9.05. The molecule has 6 rings (SSSR count). The number of carbonyl (C=O) groups is 3. The molecular weight excluding hydrogens is 638 g/mol. The highest BCUT2D eigenvalue weighted by Crippen LogP contribution is 2.36. The third-order valence-corrected chi connectivity index (χ3v) is 9.05. The van der Waals surface area contributed by atoms with Crippen molar-refractivity contribution in [2.75, 3.05) is 30.4 Å². The molecule has 13 heteroatoms. The highest BCUT2D eigenvalue weighted by atomic mass is 16.6. The van der Waals surface area contributed by atoms with Crippen LogP contribution in [-0.4, -0.2) is 67.5 Å². The van der Waals surface area contributed by atoms with Gasteiger partial charge < -0.3 is 33.7 Å². The Hall–Kier alpha value is -5.33. The number of fused-ring (bicyclic) bond motifs is 3. The van der Waals surface area contributed by atoms with Gasteiger partial charge in [0.2, 0.25) is 0 Å². The second-order valence-electron chi connectivity index (χ2n) is 14.0. The minimum Gasteiger partial charge on any atom is -0.461 e. The molecule has 0 bridgehead atoms. The number of rotatable bonds is 9. The number of amides is 2. The Bertz CT molecular complexity index is 2000. The summed E-state index contributed by atoms with van der Waals surface area (Å²) in [6.07, 6.45) is 7.33. The highest BCUT2D eigenvalue weighted by Gasteiger charge is 2.32. The second kappa shape index (κ2) is 13.9. The maximum atomic E-state index is 14.0. The zero-order chi connectivity index (χ0) is 35.7. The van der Waals surface area contributed by atoms with Crippen molar-refractivity contribution in [1.82, 2.24) is 23.8 Å². The van der Waals surface area contributed by atoms with E-state index in [4.69, 9.17) is 9.47 Å². The number of hydrogen-bond acceptors (Lipinski definition) is 8. The lowest BCUT2D eigenvalue weighted by Gasteiger charge is -2.32. The first-order valence-corrected chi connectivity index (χ1v) is 17.0. The molecule has 0 saturated heterocycles. The topological polar surface area (TPSA) is 133 Å². The molecule has 1 aliphatic heterocycles. The molecule has 264 valence electrons. The average molecular weight is 684 g/mol. The minimum atomic E-state index is -0.588. The summed E-state index contributed by atoms with van der Waals surface area (Å²) in [6, 6.07) is 11.2. The predicted octanol–water partition coefficient (Wildman–Crippen LogP) is 5.26. The zero-order valence-electron chi connectivity index (χ0n) is 29.6. The summed E-state index contributed by atoms with van der Waals surface area (Å²) >= 11 is 0. The number of aromatic nitrogens is 4. The van der Waals surface area contributed by atoms with Gasteiger partial charge in [-0.05, 0) is 75.8 Å². The van der Waals surface area contributed by atoms with Crippen LogP contribution in [0.5, 0.6) is 0 Å². The normalized spacial score (nSPS) is 14.2. The Kier molecular flexibility index (Phi) is 9.59. The van der Waals surface area contributed by atoms with Gasteiger partial charge in [-0.15, -0.1) is 0 Å². The van der Waals surface area contributed by atoms with E-state index in [-0.39, 0.29) is 18.1 Å². The van der Waals surface area contributed by atoms with Crippen LogP contribution in [0.15, 0.2) is 53.6 Å². The lowest BCUT2D eigenvalue weighted by molar-refractivity contribution is -0.142. The van der Waals surface area contributed by atoms with E-state index in [1.165, 1.54) is 27.6 Å². The third kappa shape index (κ3) is 7.31. The van der Waals surface area contributed by atoms with E-state index in [1.54, 1.807) is 48.2 Å². The number of nitrogens with zero attached hydrogens (tertiary/aromatic N) is 6. The largest absolute Gasteiger partial charge is 0.461 e. The molecule has 50 heavy (non-hydrogen) atoms. The molecule has 0 atom stereocenters. The van der Waals surface area contributed by atoms with Crippen LogP contribution < -0.4 is 15.8 Å². The maximum Gasteiger partial charge on any atom is 0.410 e. The summed E-state index contributed by atoms with van der Waals surface area (Å²) in [5.41, 5.74) is 5.43. The lowest BCUT2D eigenvalue weighted by Crippen LogP contribution is -2.41. The van der Waals surface area contributed by atoms with Crippen LogP contribution in [0.4, 0.5) is 22.0 Å². The molecule has 0 unspecified atom stereocenters. The molecule has 0 saturated carbocycles. The Morgan fingerprint density at radius 1 is 1.06 bits per heavy atom. The standard InChI is InChI=1S/C37H45N7O6/c1-24(45)49-23-28-27(11-9-13-31(28)44-19-18-43-30-12-8-7-10-25(30)21-32(43)35(44)47)26-20-29(34(46)41(6)22-26)38-33-14-15-42(39-33)17-16-40(5)36(48)50-37(2,3)4/h9,11,13-15,20-22H,7-8,10,12,16-19,23H2,1-6H3,(H,38,39). The monoisotopic (exact) mass is 683 g/mol. The Labute approximate surface area is 291 Å². The fraction of sp³-hybridized carbons (Fsp3) is 0.432. The quantitative estimate of drug-likeness (QED) is 0.236. The fourth-order valence-corrected chi connectivity index (χ4v) is 6.61. The number of benzene rings is 1. The molecule has 4 aromatic rings. The summed E-state index contributed by atoms with van der Waals surface area (Å²) in [6.45, 7) is 8.74. The molecule has 1 aliphatic carbocycles. The number of aryl methyl sites for hydroxylation is 2. The van der Waals surface area contributed by atoms with E-state index in [0.29, 0.717) is 60.2 Å². The molecule has 4 heterocycles. The number of likely N-dealkylation sites (N-methyl/N-ethyl adjacent to an activating group) is 1. The van der Waals surface area contributed by atoms with E-state index in [2.05, 4.69) is 15.0 Å². The molecule has 0 spiro atoms. The van der Waals surface area contributed by atoms with E-state index < -0.39 is 17.7 Å². The van der Waals surface area contributed by atoms with Crippen molar-refractivity contribution >= 4 is 35.2 Å². The molecule has 3 aromatic heterocycles. The van der Waals surface area contributed by atoms with Crippen LogP contribution in [0.1, 0.15) is 67.8 Å². The molecule has 1 aromatic carbocycles. The van der Waals surface area contributed by atoms with Gasteiger partial charge in [0.25, 0.3) is 11.5 Å². The first-order chi connectivity index (χ1) is 23.8. The minimum absolute atomic E-state index is 0.0458. The van der Waals surface area contributed by atoms with Gasteiger partial charge in [-0.1, -0.05) is 12.1 Å². The summed E-state index contributed by atoms with van der Waals surface area (Å²) in [4.78, 5) is 54.9. The Morgan fingerprint density at radius 2 is 1.84 bits per heavy atom. The summed E-state index contributed by atoms with van der Waals surface area (Å²) in [7, 11) is 3.34. The number of nitrogens with one attached hydrogen (secondary N) is 1. The van der Waals surface area contributed by atoms with Gasteiger partial charge in [0.1, 0.15) is 23.6 Å². The van der Waals surface area contributed by atoms with E-state index >= 15 is 0 Å². The van der Waals surface area contributed by atoms with Gasteiger partial charge in [0.15, 0.2) is 5.82 Å². The van der Waals surface area contributed by atoms with Crippen LogP contribution in [0.25, 0.3) is 11.1 Å². The average Bonchev–Trinajstić information content (AvgIpc) is 3.68. The number of anilines is 3. The van der Waals surface area contributed by atoms with Crippen LogP contribution in [0, 0.1) is 0 Å². The number of pyridine rings is 1. The molecule has 2 amide bonds. The van der Waals surface area contributed by atoms with E-state index in [1.807, 2.05) is 45.0 Å². The van der Waals surface area contributed by atoms with E-state index in [9.17, 15) is 19.2 Å². The predicted molar refractivity (Wildman–Crippen MR) is 190 cm³/mol. The van der Waals surface area contributed by atoms with Gasteiger partial charge in [-0.3, -0.25) is 19.1 Å². The van der Waals surface area contributed by atoms with Crippen molar-refractivity contribution in [3.63, 3.8) is 0 Å². The molecule has 0 radical (unpaired) electrons. The zero-order valence-corrected chi connectivity index (χ0v) is 29.6. The number of hydrogen-bond donors (Lipinski definition) is 1. The molecule has 2 aliphatic rings. The first kappa shape index (κ1) is 34.5. The maximum absolute atomic E-state index is 14.0.